The molecule has 0 amide bonds. The maximum Gasteiger partial charge on any atom is 0.181 e. The fourth-order valence-corrected chi connectivity index (χ4v) is 1.28. The lowest BCUT2D eigenvalue weighted by atomic mass is 9.93. The molecule has 0 atom stereocenters. The molecule has 0 N–H and O–H groups in total. The third-order valence-electron chi connectivity index (χ3n) is 1.91. The average molecular weight is 161 g/mol. The van der Waals surface area contributed by atoms with Gasteiger partial charge in [-0.05, 0) is 12.2 Å². The molecule has 2 rings (SSSR count). The van der Waals surface area contributed by atoms with Gasteiger partial charge in [-0.3, -0.25) is 0 Å². The van der Waals surface area contributed by atoms with Crippen LogP contribution in [0.2, 0.25) is 0 Å². The summed E-state index contributed by atoms with van der Waals surface area (Å²) in [6, 6.07) is 0. The second-order valence-corrected chi connectivity index (χ2v) is 3.59. The Bertz CT molecular complexity index is 423. The quantitative estimate of drug-likeness (QED) is 0.563. The molecule has 0 bridgehead atoms. The second-order valence-electron chi connectivity index (χ2n) is 3.59. The van der Waals surface area contributed by atoms with Gasteiger partial charge >= 0.3 is 0 Å². The molecule has 12 heavy (non-hydrogen) atoms. The summed E-state index contributed by atoms with van der Waals surface area (Å²) in [7, 11) is 0. The van der Waals surface area contributed by atoms with Crippen LogP contribution in [0.4, 0.5) is 0 Å². The van der Waals surface area contributed by atoms with Crippen molar-refractivity contribution < 1.29 is 4.42 Å². The topological polar surface area (TPSA) is 26.0 Å². The number of fused-ring (bicyclic) bond motifs is 1. The van der Waals surface area contributed by atoms with E-state index in [-0.39, 0.29) is 5.41 Å². The highest BCUT2D eigenvalue weighted by Gasteiger charge is 2.11. The van der Waals surface area contributed by atoms with E-state index in [9.17, 15) is 0 Å². The summed E-state index contributed by atoms with van der Waals surface area (Å²) >= 11 is 0. The molecular formula is C10H11NO. The van der Waals surface area contributed by atoms with Crippen molar-refractivity contribution in [2.75, 3.05) is 0 Å². The first-order valence-corrected chi connectivity index (χ1v) is 3.99. The molecule has 2 nitrogen and oxygen atoms in total. The Hall–Kier alpha value is -1.31. The molecule has 0 aromatic carbocycles. The first-order valence-electron chi connectivity index (χ1n) is 3.99. The van der Waals surface area contributed by atoms with Crippen molar-refractivity contribution in [3.05, 3.63) is 29.3 Å². The fourth-order valence-electron chi connectivity index (χ4n) is 1.28. The van der Waals surface area contributed by atoms with Gasteiger partial charge in [0.1, 0.15) is 5.35 Å². The Balaban J connectivity index is 2.75. The van der Waals surface area contributed by atoms with E-state index < -0.39 is 0 Å². The van der Waals surface area contributed by atoms with Gasteiger partial charge < -0.3 is 4.42 Å². The molecule has 1 aliphatic rings. The molecule has 1 aliphatic carbocycles. The van der Waals surface area contributed by atoms with E-state index in [4.69, 9.17) is 4.42 Å². The number of hydrogen-bond acceptors (Lipinski definition) is 2. The van der Waals surface area contributed by atoms with E-state index in [1.54, 1.807) is 0 Å². The average Bonchev–Trinajstić information content (AvgIpc) is 2.31. The van der Waals surface area contributed by atoms with E-state index in [1.807, 2.05) is 12.2 Å². The van der Waals surface area contributed by atoms with Crippen LogP contribution in [0, 0.1) is 5.41 Å². The highest BCUT2D eigenvalue weighted by Crippen LogP contribution is 2.18. The number of aromatic nitrogens is 1. The number of allylic oxidation sites excluding steroid dienone is 2. The van der Waals surface area contributed by atoms with Crippen molar-refractivity contribution in [2.45, 2.75) is 13.8 Å². The molecule has 0 unspecified atom stereocenters. The summed E-state index contributed by atoms with van der Waals surface area (Å²) in [4.78, 5) is 4.12. The molecule has 1 aromatic heterocycles. The summed E-state index contributed by atoms with van der Waals surface area (Å²) in [5.74, 6) is 0. The normalized spacial score (nSPS) is 18.8. The van der Waals surface area contributed by atoms with Gasteiger partial charge in [0.25, 0.3) is 0 Å². The minimum atomic E-state index is 0.0681. The van der Waals surface area contributed by atoms with Crippen LogP contribution in [-0.2, 0) is 0 Å². The summed E-state index contributed by atoms with van der Waals surface area (Å²) in [6.45, 7) is 4.28. The monoisotopic (exact) mass is 161 g/mol. The Morgan fingerprint density at radius 2 is 2.25 bits per heavy atom. The molecule has 0 saturated heterocycles. The van der Waals surface area contributed by atoms with Crippen LogP contribution >= 0.6 is 0 Å². The Kier molecular flexibility index (Phi) is 1.43. The van der Waals surface area contributed by atoms with Gasteiger partial charge in [-0.1, -0.05) is 26.0 Å². The van der Waals surface area contributed by atoms with Gasteiger partial charge in [-0.25, -0.2) is 4.98 Å². The minimum Gasteiger partial charge on any atom is -0.443 e. The molecule has 0 fully saturated rings. The zero-order valence-corrected chi connectivity index (χ0v) is 7.24. The summed E-state index contributed by atoms with van der Waals surface area (Å²) in [6.07, 6.45) is 9.66. The van der Waals surface area contributed by atoms with Gasteiger partial charge in [0.05, 0.1) is 0 Å². The molecule has 2 heteroatoms. The van der Waals surface area contributed by atoms with Crippen LogP contribution in [0.3, 0.4) is 0 Å². The summed E-state index contributed by atoms with van der Waals surface area (Å²) in [5, 5.41) is 0.935. The van der Waals surface area contributed by atoms with E-state index in [0.29, 0.717) is 0 Å². The highest BCUT2D eigenvalue weighted by atomic mass is 16.3. The molecular weight excluding hydrogens is 150 g/mol. The van der Waals surface area contributed by atoms with Crippen molar-refractivity contribution in [3.63, 3.8) is 0 Å². The molecule has 1 aromatic rings. The number of nitrogens with zero attached hydrogens (tertiary/aromatic N) is 1. The van der Waals surface area contributed by atoms with Crippen molar-refractivity contribution in [1.82, 2.24) is 4.98 Å². The second kappa shape index (κ2) is 2.34. The zero-order chi connectivity index (χ0) is 8.60. The summed E-state index contributed by atoms with van der Waals surface area (Å²) in [5.41, 5.74) is 0.912. The molecule has 0 radical (unpaired) electrons. The maximum atomic E-state index is 5.18. The van der Waals surface area contributed by atoms with Crippen LogP contribution < -0.4 is 10.8 Å². The lowest BCUT2D eigenvalue weighted by Gasteiger charge is -2.11. The van der Waals surface area contributed by atoms with E-state index in [1.165, 1.54) is 6.39 Å². The van der Waals surface area contributed by atoms with Crippen molar-refractivity contribution >= 4 is 12.2 Å². The van der Waals surface area contributed by atoms with Crippen LogP contribution in [0.1, 0.15) is 13.8 Å². The van der Waals surface area contributed by atoms with Crippen LogP contribution in [-0.4, -0.2) is 4.98 Å². The van der Waals surface area contributed by atoms with Crippen molar-refractivity contribution in [2.24, 2.45) is 5.41 Å². The lowest BCUT2D eigenvalue weighted by molar-refractivity contribution is 0.524. The van der Waals surface area contributed by atoms with Crippen molar-refractivity contribution in [1.29, 1.82) is 0 Å². The van der Waals surface area contributed by atoms with Gasteiger partial charge in [0.15, 0.2) is 11.8 Å². The molecule has 1 heterocycles. The number of hydrogen-bond donors (Lipinski definition) is 0. The number of rotatable bonds is 0. The Labute approximate surface area is 70.9 Å². The van der Waals surface area contributed by atoms with Crippen LogP contribution in [0.5, 0.6) is 0 Å². The molecule has 0 aliphatic heterocycles. The van der Waals surface area contributed by atoms with Crippen LogP contribution in [0.25, 0.3) is 12.2 Å². The SMILES string of the molecule is CC1(C)C=CC=c2ocnc2=C1. The molecule has 0 spiro atoms. The smallest absolute Gasteiger partial charge is 0.181 e. The maximum absolute atomic E-state index is 5.18. The third kappa shape index (κ3) is 1.20. The van der Waals surface area contributed by atoms with Gasteiger partial charge in [0.2, 0.25) is 0 Å². The molecule has 0 saturated carbocycles. The lowest BCUT2D eigenvalue weighted by Crippen LogP contribution is -2.23. The first kappa shape index (κ1) is 7.35. The van der Waals surface area contributed by atoms with E-state index in [2.05, 4.69) is 31.0 Å². The predicted molar refractivity (Wildman–Crippen MR) is 47.6 cm³/mol. The Morgan fingerprint density at radius 1 is 1.42 bits per heavy atom. The molecule has 62 valence electrons. The standard InChI is InChI=1S/C10H11NO/c1-10(2)5-3-4-9-8(6-10)11-7-12-9/h3-7H,1-2H3. The van der Waals surface area contributed by atoms with E-state index in [0.717, 1.165) is 10.8 Å². The Morgan fingerprint density at radius 3 is 3.08 bits per heavy atom. The third-order valence-corrected chi connectivity index (χ3v) is 1.91. The number of oxazole rings is 1. The minimum absolute atomic E-state index is 0.0681. The first-order chi connectivity index (χ1) is 5.67. The largest absolute Gasteiger partial charge is 0.443 e. The zero-order valence-electron chi connectivity index (χ0n) is 7.24. The highest BCUT2D eigenvalue weighted by molar-refractivity contribution is 5.44. The van der Waals surface area contributed by atoms with Crippen molar-refractivity contribution in [3.8, 4) is 0 Å². The summed E-state index contributed by atoms with van der Waals surface area (Å²) < 4.78 is 5.18. The fraction of sp³-hybridized carbons (Fsp3) is 0.300. The van der Waals surface area contributed by atoms with Crippen LogP contribution in [0.15, 0.2) is 23.0 Å². The van der Waals surface area contributed by atoms with Gasteiger partial charge in [0, 0.05) is 5.41 Å². The van der Waals surface area contributed by atoms with Gasteiger partial charge in [-0.2, -0.15) is 0 Å². The van der Waals surface area contributed by atoms with E-state index >= 15 is 0 Å². The van der Waals surface area contributed by atoms with Gasteiger partial charge in [-0.15, -0.1) is 0 Å². The predicted octanol–water partition coefficient (Wildman–Crippen LogP) is 0.832.